The van der Waals surface area contributed by atoms with Gasteiger partial charge in [0.25, 0.3) is 0 Å². The van der Waals surface area contributed by atoms with Crippen molar-refractivity contribution in [1.82, 2.24) is 10.2 Å². The van der Waals surface area contributed by atoms with Crippen LogP contribution in [0, 0.1) is 11.8 Å². The first-order valence-electron chi connectivity index (χ1n) is 6.49. The quantitative estimate of drug-likeness (QED) is 0.776. The number of hydrogen-bond acceptors (Lipinski definition) is 2. The van der Waals surface area contributed by atoms with Crippen molar-refractivity contribution < 1.29 is 4.79 Å². The molecule has 1 N–H and O–H groups in total. The van der Waals surface area contributed by atoms with Crippen molar-refractivity contribution in [2.24, 2.45) is 11.8 Å². The van der Waals surface area contributed by atoms with Crippen molar-refractivity contribution in [3.63, 3.8) is 0 Å². The highest BCUT2D eigenvalue weighted by Crippen LogP contribution is 2.33. The molecule has 3 atom stereocenters. The zero-order valence-corrected chi connectivity index (χ0v) is 11.1. The highest BCUT2D eigenvalue weighted by molar-refractivity contribution is 5.75. The summed E-state index contributed by atoms with van der Waals surface area (Å²) in [5.74, 6) is 1.85. The van der Waals surface area contributed by atoms with Crippen molar-refractivity contribution in [1.29, 1.82) is 0 Å². The van der Waals surface area contributed by atoms with Gasteiger partial charge in [-0.2, -0.15) is 0 Å². The molecule has 1 rings (SSSR count). The van der Waals surface area contributed by atoms with Crippen LogP contribution in [0.25, 0.3) is 0 Å². The summed E-state index contributed by atoms with van der Waals surface area (Å²) in [6.07, 6.45) is 4.52. The minimum Gasteiger partial charge on any atom is -0.349 e. The lowest BCUT2D eigenvalue weighted by atomic mass is 9.93. The van der Waals surface area contributed by atoms with Crippen LogP contribution in [0.4, 0.5) is 0 Å². The number of amides is 1. The van der Waals surface area contributed by atoms with Crippen LogP contribution in [0.1, 0.15) is 39.5 Å². The summed E-state index contributed by atoms with van der Waals surface area (Å²) in [4.78, 5) is 13.1. The summed E-state index contributed by atoms with van der Waals surface area (Å²) in [6, 6.07) is 0.625. The molecule has 3 unspecified atom stereocenters. The largest absolute Gasteiger partial charge is 0.349 e. The normalized spacial score (nSPS) is 29.4. The van der Waals surface area contributed by atoms with Crippen LogP contribution in [0.2, 0.25) is 0 Å². The number of hydrogen-bond donors (Lipinski definition) is 1. The first-order valence-corrected chi connectivity index (χ1v) is 6.49. The van der Waals surface area contributed by atoms with E-state index in [0.717, 1.165) is 18.4 Å². The molecule has 1 fully saturated rings. The fourth-order valence-corrected chi connectivity index (χ4v) is 2.70. The van der Waals surface area contributed by atoms with Crippen molar-refractivity contribution >= 4 is 5.91 Å². The van der Waals surface area contributed by atoms with E-state index in [0.29, 0.717) is 12.5 Å². The Labute approximate surface area is 99.6 Å². The Hall–Kier alpha value is -0.570. The van der Waals surface area contributed by atoms with Crippen LogP contribution in [-0.2, 0) is 4.79 Å². The predicted octanol–water partition coefficient (Wildman–Crippen LogP) is 1.88. The summed E-state index contributed by atoms with van der Waals surface area (Å²) in [5.41, 5.74) is 0. The van der Waals surface area contributed by atoms with Gasteiger partial charge < -0.3 is 10.2 Å². The molecule has 94 valence electrons. The van der Waals surface area contributed by atoms with E-state index in [1.807, 2.05) is 14.1 Å². The molecule has 3 nitrogen and oxygen atoms in total. The van der Waals surface area contributed by atoms with E-state index in [1.165, 1.54) is 19.3 Å². The summed E-state index contributed by atoms with van der Waals surface area (Å²) in [5, 5.41) is 3.53. The average Bonchev–Trinajstić information content (AvgIpc) is 2.59. The summed E-state index contributed by atoms with van der Waals surface area (Å²) >= 11 is 0. The maximum absolute atomic E-state index is 11.4. The van der Waals surface area contributed by atoms with Crippen LogP contribution in [0.15, 0.2) is 0 Å². The van der Waals surface area contributed by atoms with Gasteiger partial charge in [-0.3, -0.25) is 4.79 Å². The first kappa shape index (κ1) is 13.5. The number of carbonyl (C=O) groups is 1. The number of carbonyl (C=O) groups excluding carboxylic acids is 1. The van der Waals surface area contributed by atoms with Gasteiger partial charge in [0.1, 0.15) is 0 Å². The molecule has 0 bridgehead atoms. The van der Waals surface area contributed by atoms with Gasteiger partial charge in [0.15, 0.2) is 0 Å². The maximum Gasteiger partial charge on any atom is 0.223 e. The molecule has 0 heterocycles. The fraction of sp³-hybridized carbons (Fsp3) is 0.923. The van der Waals surface area contributed by atoms with Gasteiger partial charge in [0.2, 0.25) is 5.91 Å². The van der Waals surface area contributed by atoms with E-state index in [-0.39, 0.29) is 5.91 Å². The Morgan fingerprint density at radius 3 is 2.56 bits per heavy atom. The first-order chi connectivity index (χ1) is 7.56. The van der Waals surface area contributed by atoms with E-state index in [2.05, 4.69) is 19.2 Å². The summed E-state index contributed by atoms with van der Waals surface area (Å²) < 4.78 is 0. The molecule has 0 saturated heterocycles. The lowest BCUT2D eigenvalue weighted by Crippen LogP contribution is -2.35. The molecule has 3 heteroatoms. The minimum atomic E-state index is 0.213. The molecule has 16 heavy (non-hydrogen) atoms. The van der Waals surface area contributed by atoms with Crippen molar-refractivity contribution in [3.05, 3.63) is 0 Å². The highest BCUT2D eigenvalue weighted by Gasteiger charge is 2.30. The van der Waals surface area contributed by atoms with Crippen LogP contribution >= 0.6 is 0 Å². The second-order valence-corrected chi connectivity index (χ2v) is 5.20. The number of rotatable bonds is 5. The topological polar surface area (TPSA) is 32.3 Å². The third-order valence-corrected chi connectivity index (χ3v) is 4.00. The molecule has 0 radical (unpaired) electrons. The fourth-order valence-electron chi connectivity index (χ4n) is 2.70. The Morgan fingerprint density at radius 1 is 1.38 bits per heavy atom. The molecule has 0 aromatic carbocycles. The Bertz CT molecular complexity index is 228. The maximum atomic E-state index is 11.4. The van der Waals surface area contributed by atoms with Gasteiger partial charge in [-0.1, -0.05) is 20.3 Å². The Balaban J connectivity index is 2.21. The Kier molecular flexibility index (Phi) is 5.26. The van der Waals surface area contributed by atoms with Gasteiger partial charge in [-0.25, -0.2) is 0 Å². The van der Waals surface area contributed by atoms with Crippen LogP contribution in [0.5, 0.6) is 0 Å². The lowest BCUT2D eigenvalue weighted by Gasteiger charge is -2.21. The summed E-state index contributed by atoms with van der Waals surface area (Å²) in [6.45, 7) is 5.44. The van der Waals surface area contributed by atoms with E-state index in [9.17, 15) is 4.79 Å². The summed E-state index contributed by atoms with van der Waals surface area (Å²) in [7, 11) is 3.63. The molecule has 0 aromatic rings. The molecule has 0 aromatic heterocycles. The predicted molar refractivity (Wildman–Crippen MR) is 67.3 cm³/mol. The molecule has 1 aliphatic carbocycles. The molecule has 0 spiro atoms. The third kappa shape index (κ3) is 3.48. The molecular weight excluding hydrogens is 200 g/mol. The monoisotopic (exact) mass is 226 g/mol. The standard InChI is InChI=1S/C13H26N2O/c1-5-11-6-7-12(10(11)2)14-9-8-13(16)15(3)4/h10-12,14H,5-9H2,1-4H3. The molecule has 1 aliphatic rings. The molecule has 0 aliphatic heterocycles. The van der Waals surface area contributed by atoms with Gasteiger partial charge >= 0.3 is 0 Å². The van der Waals surface area contributed by atoms with Crippen LogP contribution in [0.3, 0.4) is 0 Å². The number of nitrogens with one attached hydrogen (secondary N) is 1. The van der Waals surface area contributed by atoms with Crippen molar-refractivity contribution in [3.8, 4) is 0 Å². The van der Waals surface area contributed by atoms with Gasteiger partial charge in [0.05, 0.1) is 0 Å². The van der Waals surface area contributed by atoms with E-state index in [4.69, 9.17) is 0 Å². The van der Waals surface area contributed by atoms with E-state index >= 15 is 0 Å². The van der Waals surface area contributed by atoms with Gasteiger partial charge in [-0.15, -0.1) is 0 Å². The second-order valence-electron chi connectivity index (χ2n) is 5.20. The Morgan fingerprint density at radius 2 is 2.06 bits per heavy atom. The second kappa shape index (κ2) is 6.24. The molecular formula is C13H26N2O. The SMILES string of the molecule is CCC1CCC(NCCC(=O)N(C)C)C1C. The lowest BCUT2D eigenvalue weighted by molar-refractivity contribution is -0.128. The van der Waals surface area contributed by atoms with Crippen LogP contribution < -0.4 is 5.32 Å². The minimum absolute atomic E-state index is 0.213. The van der Waals surface area contributed by atoms with Gasteiger partial charge in [0, 0.05) is 33.1 Å². The zero-order valence-electron chi connectivity index (χ0n) is 11.1. The van der Waals surface area contributed by atoms with Crippen LogP contribution in [-0.4, -0.2) is 37.5 Å². The van der Waals surface area contributed by atoms with Crippen molar-refractivity contribution in [2.75, 3.05) is 20.6 Å². The molecule has 1 saturated carbocycles. The average molecular weight is 226 g/mol. The van der Waals surface area contributed by atoms with E-state index in [1.54, 1.807) is 4.90 Å². The highest BCUT2D eigenvalue weighted by atomic mass is 16.2. The van der Waals surface area contributed by atoms with Gasteiger partial charge in [-0.05, 0) is 24.7 Å². The van der Waals surface area contributed by atoms with E-state index < -0.39 is 0 Å². The zero-order chi connectivity index (χ0) is 12.1. The van der Waals surface area contributed by atoms with Crippen molar-refractivity contribution in [2.45, 2.75) is 45.6 Å². The third-order valence-electron chi connectivity index (χ3n) is 4.00. The smallest absolute Gasteiger partial charge is 0.223 e. The molecule has 1 amide bonds. The number of nitrogens with zero attached hydrogens (tertiary/aromatic N) is 1.